The second kappa shape index (κ2) is 7.39. The number of thioether (sulfide) groups is 1. The lowest BCUT2D eigenvalue weighted by Gasteiger charge is -2.16. The van der Waals surface area contributed by atoms with Gasteiger partial charge in [0.2, 0.25) is 11.0 Å². The molecule has 4 nitrogen and oxygen atoms in total. The molecule has 1 aromatic heterocycles. The number of thiazole rings is 1. The highest BCUT2D eigenvalue weighted by Crippen LogP contribution is 2.35. The number of carbonyl (C=O) groups excluding carboxylic acids is 1. The van der Waals surface area contributed by atoms with Gasteiger partial charge in [-0.25, -0.2) is 9.37 Å². The predicted octanol–water partition coefficient (Wildman–Crippen LogP) is 4.66. The number of carbonyl (C=O) groups is 1. The van der Waals surface area contributed by atoms with E-state index in [1.54, 1.807) is 23.2 Å². The highest BCUT2D eigenvalue weighted by Gasteiger charge is 2.39. The van der Waals surface area contributed by atoms with Crippen molar-refractivity contribution in [2.45, 2.75) is 11.7 Å². The lowest BCUT2D eigenvalue weighted by molar-refractivity contribution is -0.116. The third kappa shape index (κ3) is 3.54. The number of amides is 1. The van der Waals surface area contributed by atoms with Crippen LogP contribution in [0.15, 0.2) is 71.2 Å². The van der Waals surface area contributed by atoms with E-state index in [0.29, 0.717) is 16.7 Å². The van der Waals surface area contributed by atoms with Crippen LogP contribution in [0.5, 0.6) is 0 Å². The van der Waals surface area contributed by atoms with Gasteiger partial charge in [-0.1, -0.05) is 42.1 Å². The van der Waals surface area contributed by atoms with Crippen molar-refractivity contribution in [1.29, 1.82) is 0 Å². The maximum atomic E-state index is 13.1. The van der Waals surface area contributed by atoms with Crippen LogP contribution in [0.25, 0.3) is 0 Å². The molecule has 0 radical (unpaired) electrons. The summed E-state index contributed by atoms with van der Waals surface area (Å²) in [5, 5.41) is 2.77. The molecule has 1 amide bonds. The first-order valence-electron chi connectivity index (χ1n) is 7.99. The zero-order chi connectivity index (χ0) is 17.9. The monoisotopic (exact) mass is 383 g/mol. The molecule has 1 atom stereocenters. The third-order valence-corrected chi connectivity index (χ3v) is 5.70. The lowest BCUT2D eigenvalue weighted by atomic mass is 10.1. The number of para-hydroxylation sites is 1. The molecule has 0 N–H and O–H groups in total. The van der Waals surface area contributed by atoms with Gasteiger partial charge in [-0.15, -0.1) is 11.3 Å². The first kappa shape index (κ1) is 16.9. The zero-order valence-corrected chi connectivity index (χ0v) is 15.2. The minimum absolute atomic E-state index is 0.0270. The standard InChI is InChI=1S/C19H14FN3OS2/c20-14-8-6-13(7-9-14)12-16-17(24)23(15-4-2-1-3-5-15)19(26-16)22-18-21-10-11-25-18/h1-11,16H,12H2/t16-/m1/s1. The van der Waals surface area contributed by atoms with E-state index < -0.39 is 0 Å². The van der Waals surface area contributed by atoms with Gasteiger partial charge in [-0.05, 0) is 36.2 Å². The van der Waals surface area contributed by atoms with E-state index in [1.165, 1.54) is 35.2 Å². The van der Waals surface area contributed by atoms with Gasteiger partial charge in [0, 0.05) is 11.6 Å². The van der Waals surface area contributed by atoms with E-state index in [-0.39, 0.29) is 17.0 Å². The van der Waals surface area contributed by atoms with Crippen LogP contribution in [0, 0.1) is 5.82 Å². The molecule has 1 aliphatic rings. The largest absolute Gasteiger partial charge is 0.273 e. The summed E-state index contributed by atoms with van der Waals surface area (Å²) >= 11 is 2.84. The van der Waals surface area contributed by atoms with E-state index in [0.717, 1.165) is 11.3 Å². The third-order valence-electron chi connectivity index (χ3n) is 3.89. The van der Waals surface area contributed by atoms with Crippen LogP contribution >= 0.6 is 23.1 Å². The summed E-state index contributed by atoms with van der Waals surface area (Å²) in [4.78, 5) is 23.4. The summed E-state index contributed by atoms with van der Waals surface area (Å²) in [5.41, 5.74) is 1.70. The van der Waals surface area contributed by atoms with Crippen LogP contribution in [0.3, 0.4) is 0 Å². The van der Waals surface area contributed by atoms with Gasteiger partial charge >= 0.3 is 0 Å². The number of halogens is 1. The molecule has 1 aliphatic heterocycles. The quantitative estimate of drug-likeness (QED) is 0.658. The van der Waals surface area contributed by atoms with Crippen molar-refractivity contribution in [2.24, 2.45) is 4.99 Å². The molecule has 0 bridgehead atoms. The van der Waals surface area contributed by atoms with Gasteiger partial charge in [0.1, 0.15) is 5.82 Å². The maximum Gasteiger partial charge on any atom is 0.247 e. The summed E-state index contributed by atoms with van der Waals surface area (Å²) in [6, 6.07) is 15.7. The number of rotatable bonds is 4. The second-order valence-electron chi connectivity index (χ2n) is 5.66. The molecular weight excluding hydrogens is 369 g/mol. The normalized spacial score (nSPS) is 18.7. The number of hydrogen-bond donors (Lipinski definition) is 0. The minimum Gasteiger partial charge on any atom is -0.273 e. The van der Waals surface area contributed by atoms with E-state index in [9.17, 15) is 9.18 Å². The summed E-state index contributed by atoms with van der Waals surface area (Å²) < 4.78 is 13.1. The molecule has 130 valence electrons. The van der Waals surface area contributed by atoms with Crippen molar-refractivity contribution < 1.29 is 9.18 Å². The Morgan fingerprint density at radius 1 is 1.12 bits per heavy atom. The van der Waals surface area contributed by atoms with Crippen LogP contribution in [0.1, 0.15) is 5.56 Å². The number of aliphatic imine (C=N–C) groups is 1. The average molecular weight is 383 g/mol. The molecule has 1 fully saturated rings. The minimum atomic E-state index is -0.306. The molecule has 1 saturated heterocycles. The summed E-state index contributed by atoms with van der Waals surface area (Å²) in [5.74, 6) is -0.308. The van der Waals surface area contributed by atoms with Gasteiger partial charge in [-0.3, -0.25) is 9.69 Å². The van der Waals surface area contributed by atoms with Gasteiger partial charge < -0.3 is 0 Å². The van der Waals surface area contributed by atoms with Crippen LogP contribution < -0.4 is 4.90 Å². The fraction of sp³-hybridized carbons (Fsp3) is 0.105. The SMILES string of the molecule is O=C1[C@@H](Cc2ccc(F)cc2)SC(=Nc2nccs2)N1c1ccccc1. The fourth-order valence-electron chi connectivity index (χ4n) is 2.68. The first-order valence-corrected chi connectivity index (χ1v) is 9.75. The smallest absolute Gasteiger partial charge is 0.247 e. The Kier molecular flexibility index (Phi) is 4.81. The predicted molar refractivity (Wildman–Crippen MR) is 105 cm³/mol. The van der Waals surface area contributed by atoms with Gasteiger partial charge in [0.25, 0.3) is 0 Å². The Hall–Kier alpha value is -2.51. The first-order chi connectivity index (χ1) is 12.7. The van der Waals surface area contributed by atoms with E-state index in [1.807, 2.05) is 35.7 Å². The van der Waals surface area contributed by atoms with Crippen molar-refractivity contribution in [1.82, 2.24) is 4.98 Å². The van der Waals surface area contributed by atoms with Crippen LogP contribution in [-0.2, 0) is 11.2 Å². The van der Waals surface area contributed by atoms with Crippen molar-refractivity contribution in [3.63, 3.8) is 0 Å². The second-order valence-corrected chi connectivity index (χ2v) is 7.70. The number of amidine groups is 1. The van der Waals surface area contributed by atoms with Crippen LogP contribution in [-0.4, -0.2) is 21.3 Å². The number of hydrogen-bond acceptors (Lipinski definition) is 5. The Balaban J connectivity index is 1.66. The summed E-state index contributed by atoms with van der Waals surface area (Å²) in [6.45, 7) is 0. The molecule has 0 unspecified atom stereocenters. The molecule has 2 aromatic carbocycles. The lowest BCUT2D eigenvalue weighted by Crippen LogP contribution is -2.32. The van der Waals surface area contributed by atoms with E-state index in [2.05, 4.69) is 9.98 Å². The number of anilines is 1. The van der Waals surface area contributed by atoms with Crippen LogP contribution in [0.2, 0.25) is 0 Å². The summed E-state index contributed by atoms with van der Waals surface area (Å²) in [7, 11) is 0. The molecule has 26 heavy (non-hydrogen) atoms. The summed E-state index contributed by atoms with van der Waals surface area (Å²) in [6.07, 6.45) is 2.21. The molecule has 4 rings (SSSR count). The van der Waals surface area contributed by atoms with E-state index in [4.69, 9.17) is 0 Å². The number of benzene rings is 2. The topological polar surface area (TPSA) is 45.6 Å². The van der Waals surface area contributed by atoms with Gasteiger partial charge in [0.15, 0.2) is 5.17 Å². The number of aromatic nitrogens is 1. The Bertz CT molecular complexity index is 927. The molecule has 0 saturated carbocycles. The molecule has 0 aliphatic carbocycles. The molecular formula is C19H14FN3OS2. The Labute approximate surface area is 158 Å². The van der Waals surface area contributed by atoms with Gasteiger partial charge in [-0.2, -0.15) is 4.99 Å². The van der Waals surface area contributed by atoms with Crippen molar-refractivity contribution in [3.8, 4) is 0 Å². The van der Waals surface area contributed by atoms with Gasteiger partial charge in [0.05, 0.1) is 10.9 Å². The molecule has 2 heterocycles. The Morgan fingerprint density at radius 2 is 1.88 bits per heavy atom. The molecule has 3 aromatic rings. The van der Waals surface area contributed by atoms with Crippen molar-refractivity contribution >= 4 is 45.0 Å². The fourth-order valence-corrected chi connectivity index (χ4v) is 4.41. The number of nitrogens with zero attached hydrogens (tertiary/aromatic N) is 3. The maximum absolute atomic E-state index is 13.1. The zero-order valence-electron chi connectivity index (χ0n) is 13.6. The van der Waals surface area contributed by atoms with Crippen LogP contribution in [0.4, 0.5) is 15.2 Å². The average Bonchev–Trinajstić information content (AvgIpc) is 3.27. The van der Waals surface area contributed by atoms with Crippen molar-refractivity contribution in [2.75, 3.05) is 4.90 Å². The highest BCUT2D eigenvalue weighted by molar-refractivity contribution is 8.16. The van der Waals surface area contributed by atoms with Crippen molar-refractivity contribution in [3.05, 3.63) is 77.6 Å². The van der Waals surface area contributed by atoms with E-state index >= 15 is 0 Å². The highest BCUT2D eigenvalue weighted by atomic mass is 32.2. The Morgan fingerprint density at radius 3 is 2.58 bits per heavy atom. The molecule has 7 heteroatoms. The molecule has 0 spiro atoms.